The summed E-state index contributed by atoms with van der Waals surface area (Å²) in [6.45, 7) is 2.73. The predicted octanol–water partition coefficient (Wildman–Crippen LogP) is 1.85. The predicted molar refractivity (Wildman–Crippen MR) is 72.2 cm³/mol. The Bertz CT molecular complexity index is 533. The molecule has 1 fully saturated rings. The molecule has 1 aliphatic rings. The summed E-state index contributed by atoms with van der Waals surface area (Å²) in [7, 11) is 0. The molecule has 1 aliphatic heterocycles. The first-order valence-corrected chi connectivity index (χ1v) is 6.56. The molecule has 1 saturated heterocycles. The highest BCUT2D eigenvalue weighted by Gasteiger charge is 2.28. The number of anilines is 1. The van der Waals surface area contributed by atoms with Crippen LogP contribution in [0.5, 0.6) is 0 Å². The topological polar surface area (TPSA) is 78.4 Å². The number of aromatic carboxylic acids is 1. The van der Waals surface area contributed by atoms with Crippen LogP contribution in [0.4, 0.5) is 10.1 Å². The molecule has 6 heteroatoms. The molecule has 1 aromatic carbocycles. The number of hydrogen-bond donors (Lipinski definition) is 3. The lowest BCUT2D eigenvalue weighted by Crippen LogP contribution is -2.48. The summed E-state index contributed by atoms with van der Waals surface area (Å²) in [5, 5.41) is 14.7. The fraction of sp³-hybridized carbons (Fsp3) is 0.429. The van der Waals surface area contributed by atoms with Crippen LogP contribution in [0.2, 0.25) is 0 Å². The van der Waals surface area contributed by atoms with Crippen LogP contribution < -0.4 is 10.6 Å². The van der Waals surface area contributed by atoms with Gasteiger partial charge in [0.05, 0.1) is 17.3 Å². The van der Waals surface area contributed by atoms with Crippen LogP contribution in [0.25, 0.3) is 0 Å². The molecule has 0 spiro atoms. The number of amides is 1. The van der Waals surface area contributed by atoms with Crippen LogP contribution in [0, 0.1) is 11.7 Å². The first-order valence-electron chi connectivity index (χ1n) is 6.56. The molecule has 0 aromatic heterocycles. The van der Waals surface area contributed by atoms with Gasteiger partial charge >= 0.3 is 5.97 Å². The van der Waals surface area contributed by atoms with Crippen molar-refractivity contribution in [2.24, 2.45) is 5.92 Å². The number of rotatable bonds is 3. The first kappa shape index (κ1) is 14.5. The van der Waals surface area contributed by atoms with Crippen molar-refractivity contribution in [3.8, 4) is 0 Å². The maximum atomic E-state index is 13.1. The third kappa shape index (κ3) is 3.14. The summed E-state index contributed by atoms with van der Waals surface area (Å²) in [6.07, 6.45) is 1.96. The lowest BCUT2D eigenvalue weighted by Gasteiger charge is -2.29. The second-order valence-corrected chi connectivity index (χ2v) is 5.04. The number of piperidine rings is 1. The van der Waals surface area contributed by atoms with E-state index in [2.05, 4.69) is 10.6 Å². The van der Waals surface area contributed by atoms with Crippen molar-refractivity contribution in [1.82, 2.24) is 5.32 Å². The average Bonchev–Trinajstić information content (AvgIpc) is 2.41. The van der Waals surface area contributed by atoms with Gasteiger partial charge in [0.2, 0.25) is 5.91 Å². The Morgan fingerprint density at radius 1 is 1.45 bits per heavy atom. The summed E-state index contributed by atoms with van der Waals surface area (Å²) < 4.78 is 13.1. The van der Waals surface area contributed by atoms with Gasteiger partial charge in [0.25, 0.3) is 0 Å². The minimum Gasteiger partial charge on any atom is -0.478 e. The Balaban J connectivity index is 2.17. The highest BCUT2D eigenvalue weighted by atomic mass is 19.1. The summed E-state index contributed by atoms with van der Waals surface area (Å²) in [5.74, 6) is -2.03. The summed E-state index contributed by atoms with van der Waals surface area (Å²) in [4.78, 5) is 23.2. The second kappa shape index (κ2) is 6.00. The van der Waals surface area contributed by atoms with Gasteiger partial charge in [0.15, 0.2) is 0 Å². The number of carboxylic acid groups (broad SMARTS) is 1. The van der Waals surface area contributed by atoms with Crippen molar-refractivity contribution in [3.63, 3.8) is 0 Å². The zero-order valence-corrected chi connectivity index (χ0v) is 11.1. The van der Waals surface area contributed by atoms with Crippen molar-refractivity contribution < 1.29 is 19.1 Å². The lowest BCUT2D eigenvalue weighted by molar-refractivity contribution is -0.119. The van der Waals surface area contributed by atoms with Gasteiger partial charge in [0.1, 0.15) is 5.82 Å². The molecule has 5 nitrogen and oxygen atoms in total. The molecule has 3 N–H and O–H groups in total. The van der Waals surface area contributed by atoms with Gasteiger partial charge in [-0.15, -0.1) is 0 Å². The molecule has 2 rings (SSSR count). The Morgan fingerprint density at radius 3 is 2.85 bits per heavy atom. The maximum absolute atomic E-state index is 13.1. The number of hydrogen-bond acceptors (Lipinski definition) is 3. The largest absolute Gasteiger partial charge is 0.478 e. The Hall–Kier alpha value is -1.95. The van der Waals surface area contributed by atoms with Crippen LogP contribution in [-0.2, 0) is 4.79 Å². The third-order valence-corrected chi connectivity index (χ3v) is 3.52. The molecule has 0 saturated carbocycles. The van der Waals surface area contributed by atoms with E-state index in [0.29, 0.717) is 0 Å². The Kier molecular flexibility index (Phi) is 4.34. The normalized spacial score (nSPS) is 22.3. The smallest absolute Gasteiger partial charge is 0.337 e. The lowest BCUT2D eigenvalue weighted by atomic mass is 9.92. The zero-order chi connectivity index (χ0) is 14.7. The fourth-order valence-corrected chi connectivity index (χ4v) is 2.41. The van der Waals surface area contributed by atoms with Crippen LogP contribution in [0.1, 0.15) is 30.1 Å². The van der Waals surface area contributed by atoms with Crippen molar-refractivity contribution in [1.29, 1.82) is 0 Å². The van der Waals surface area contributed by atoms with E-state index in [-0.39, 0.29) is 29.1 Å². The van der Waals surface area contributed by atoms with E-state index in [0.717, 1.165) is 31.5 Å². The van der Waals surface area contributed by atoms with E-state index in [9.17, 15) is 14.0 Å². The van der Waals surface area contributed by atoms with E-state index < -0.39 is 11.8 Å². The summed E-state index contributed by atoms with van der Waals surface area (Å²) in [5.41, 5.74) is -0.134. The summed E-state index contributed by atoms with van der Waals surface area (Å²) >= 11 is 0. The minimum absolute atomic E-state index is 0.114. The number of carboxylic acids is 1. The van der Waals surface area contributed by atoms with Gasteiger partial charge in [-0.2, -0.15) is 0 Å². The molecule has 0 radical (unpaired) electrons. The highest BCUT2D eigenvalue weighted by Crippen LogP contribution is 2.20. The van der Waals surface area contributed by atoms with E-state index in [1.54, 1.807) is 0 Å². The Labute approximate surface area is 116 Å². The van der Waals surface area contributed by atoms with Gasteiger partial charge < -0.3 is 15.7 Å². The molecule has 2 atom stereocenters. The van der Waals surface area contributed by atoms with E-state index in [1.165, 1.54) is 6.07 Å². The SMILES string of the molecule is CC1CCCNC1C(=O)Nc1ccc(F)cc1C(=O)O. The van der Waals surface area contributed by atoms with Crippen molar-refractivity contribution in [3.05, 3.63) is 29.6 Å². The molecular formula is C14H17FN2O3. The molecule has 1 heterocycles. The zero-order valence-electron chi connectivity index (χ0n) is 11.1. The fourth-order valence-electron chi connectivity index (χ4n) is 2.41. The molecule has 1 amide bonds. The molecule has 2 unspecified atom stereocenters. The molecular weight excluding hydrogens is 263 g/mol. The molecule has 0 aliphatic carbocycles. The van der Waals surface area contributed by atoms with Crippen LogP contribution >= 0.6 is 0 Å². The van der Waals surface area contributed by atoms with Gasteiger partial charge in [-0.3, -0.25) is 4.79 Å². The Morgan fingerprint density at radius 2 is 2.20 bits per heavy atom. The van der Waals surface area contributed by atoms with Gasteiger partial charge in [-0.1, -0.05) is 6.92 Å². The van der Waals surface area contributed by atoms with E-state index in [4.69, 9.17) is 5.11 Å². The number of carbonyl (C=O) groups is 2. The molecule has 0 bridgehead atoms. The monoisotopic (exact) mass is 280 g/mol. The maximum Gasteiger partial charge on any atom is 0.337 e. The highest BCUT2D eigenvalue weighted by molar-refractivity contribution is 6.02. The van der Waals surface area contributed by atoms with Gasteiger partial charge in [-0.05, 0) is 43.5 Å². The number of carbonyl (C=O) groups excluding carboxylic acids is 1. The minimum atomic E-state index is -1.27. The van der Waals surface area contributed by atoms with E-state index >= 15 is 0 Å². The third-order valence-electron chi connectivity index (χ3n) is 3.52. The second-order valence-electron chi connectivity index (χ2n) is 5.04. The molecule has 108 valence electrons. The van der Waals surface area contributed by atoms with Crippen molar-refractivity contribution >= 4 is 17.6 Å². The summed E-state index contributed by atoms with van der Waals surface area (Å²) in [6, 6.07) is 2.94. The van der Waals surface area contributed by atoms with E-state index in [1.807, 2.05) is 6.92 Å². The first-order chi connectivity index (χ1) is 9.49. The number of benzene rings is 1. The van der Waals surface area contributed by atoms with Gasteiger partial charge in [-0.25, -0.2) is 9.18 Å². The molecule has 1 aromatic rings. The number of halogens is 1. The van der Waals surface area contributed by atoms with Crippen LogP contribution in [-0.4, -0.2) is 29.6 Å². The van der Waals surface area contributed by atoms with Crippen molar-refractivity contribution in [2.45, 2.75) is 25.8 Å². The van der Waals surface area contributed by atoms with Crippen LogP contribution in [0.15, 0.2) is 18.2 Å². The quantitative estimate of drug-likeness (QED) is 0.789. The van der Waals surface area contributed by atoms with Crippen molar-refractivity contribution in [2.75, 3.05) is 11.9 Å². The number of nitrogens with one attached hydrogen (secondary N) is 2. The van der Waals surface area contributed by atoms with Gasteiger partial charge in [0, 0.05) is 0 Å². The standard InChI is InChI=1S/C14H17FN2O3/c1-8-3-2-6-16-12(8)13(18)17-11-5-4-9(15)7-10(11)14(19)20/h4-5,7-8,12,16H,2-3,6H2,1H3,(H,17,18)(H,19,20). The average molecular weight is 280 g/mol. The molecule has 20 heavy (non-hydrogen) atoms. The van der Waals surface area contributed by atoms with Crippen LogP contribution in [0.3, 0.4) is 0 Å².